The van der Waals surface area contributed by atoms with Gasteiger partial charge in [-0.25, -0.2) is 18.7 Å². The molecule has 0 unspecified atom stereocenters. The van der Waals surface area contributed by atoms with Gasteiger partial charge in [0.2, 0.25) is 0 Å². The van der Waals surface area contributed by atoms with Crippen LogP contribution in [0.2, 0.25) is 0 Å². The molecule has 0 saturated carbocycles. The predicted molar refractivity (Wildman–Crippen MR) is 84.2 cm³/mol. The summed E-state index contributed by atoms with van der Waals surface area (Å²) >= 11 is 0. The molecule has 0 spiro atoms. The van der Waals surface area contributed by atoms with E-state index in [9.17, 15) is 14.3 Å². The molecule has 0 aliphatic heterocycles. The van der Waals surface area contributed by atoms with Crippen LogP contribution in [0, 0.1) is 12.7 Å². The first-order chi connectivity index (χ1) is 10.9. The third-order valence-electron chi connectivity index (χ3n) is 3.72. The molecular formula is C17H16FN3O2. The van der Waals surface area contributed by atoms with E-state index in [-0.39, 0.29) is 17.4 Å². The Morgan fingerprint density at radius 3 is 2.65 bits per heavy atom. The van der Waals surface area contributed by atoms with Gasteiger partial charge < -0.3 is 5.11 Å². The average molecular weight is 313 g/mol. The second-order valence-electron chi connectivity index (χ2n) is 5.73. The lowest BCUT2D eigenvalue weighted by atomic mass is 10.1. The topological polar surface area (TPSA) is 67.5 Å². The highest BCUT2D eigenvalue weighted by Crippen LogP contribution is 2.30. The number of halogens is 1. The summed E-state index contributed by atoms with van der Waals surface area (Å²) in [4.78, 5) is 15.6. The zero-order valence-electron chi connectivity index (χ0n) is 13.0. The molecule has 0 aliphatic carbocycles. The SMILES string of the molecule is Cc1nn2c(C(C)C)cc(C(=O)O)nc2c1-c1cccc(F)c1. The van der Waals surface area contributed by atoms with Crippen LogP contribution >= 0.6 is 0 Å². The average Bonchev–Trinajstić information content (AvgIpc) is 2.81. The summed E-state index contributed by atoms with van der Waals surface area (Å²) in [5, 5.41) is 13.8. The minimum atomic E-state index is -1.10. The highest BCUT2D eigenvalue weighted by atomic mass is 19.1. The van der Waals surface area contributed by atoms with Gasteiger partial charge in [-0.15, -0.1) is 0 Å². The molecule has 118 valence electrons. The summed E-state index contributed by atoms with van der Waals surface area (Å²) in [6.07, 6.45) is 0. The number of carboxylic acids is 1. The molecule has 0 fully saturated rings. The van der Waals surface area contributed by atoms with Crippen LogP contribution in [0.5, 0.6) is 0 Å². The van der Waals surface area contributed by atoms with Gasteiger partial charge in [-0.05, 0) is 36.6 Å². The highest BCUT2D eigenvalue weighted by molar-refractivity contribution is 5.88. The zero-order valence-corrected chi connectivity index (χ0v) is 13.0. The van der Waals surface area contributed by atoms with Crippen molar-refractivity contribution in [3.63, 3.8) is 0 Å². The van der Waals surface area contributed by atoms with Crippen LogP contribution in [0.25, 0.3) is 16.8 Å². The first kappa shape index (κ1) is 15.1. The van der Waals surface area contributed by atoms with E-state index in [4.69, 9.17) is 0 Å². The van der Waals surface area contributed by atoms with E-state index in [1.54, 1.807) is 23.6 Å². The molecule has 1 aromatic carbocycles. The Bertz CT molecular complexity index is 916. The molecule has 5 nitrogen and oxygen atoms in total. The molecule has 3 aromatic rings. The quantitative estimate of drug-likeness (QED) is 0.801. The number of nitrogens with zero attached hydrogens (tertiary/aromatic N) is 3. The Balaban J connectivity index is 2.39. The number of benzene rings is 1. The van der Waals surface area contributed by atoms with Gasteiger partial charge in [-0.2, -0.15) is 5.10 Å². The smallest absolute Gasteiger partial charge is 0.354 e. The van der Waals surface area contributed by atoms with Gasteiger partial charge in [0.15, 0.2) is 11.3 Å². The lowest BCUT2D eigenvalue weighted by Gasteiger charge is -2.09. The molecule has 0 saturated heterocycles. The van der Waals surface area contributed by atoms with Crippen molar-refractivity contribution < 1.29 is 14.3 Å². The first-order valence-corrected chi connectivity index (χ1v) is 7.28. The van der Waals surface area contributed by atoms with Crippen LogP contribution in [0.3, 0.4) is 0 Å². The normalized spacial score (nSPS) is 11.3. The fraction of sp³-hybridized carbons (Fsp3) is 0.235. The molecule has 0 atom stereocenters. The van der Waals surface area contributed by atoms with Crippen LogP contribution in [-0.2, 0) is 0 Å². The van der Waals surface area contributed by atoms with Crippen molar-refractivity contribution >= 4 is 11.6 Å². The fourth-order valence-electron chi connectivity index (χ4n) is 2.65. The van der Waals surface area contributed by atoms with Crippen molar-refractivity contribution in [3.8, 4) is 11.1 Å². The van der Waals surface area contributed by atoms with Gasteiger partial charge in [-0.3, -0.25) is 0 Å². The molecular weight excluding hydrogens is 297 g/mol. The van der Waals surface area contributed by atoms with Crippen LogP contribution in [0.1, 0.15) is 41.6 Å². The minimum absolute atomic E-state index is 0.0428. The van der Waals surface area contributed by atoms with E-state index in [0.717, 1.165) is 5.69 Å². The van der Waals surface area contributed by atoms with E-state index >= 15 is 0 Å². The Morgan fingerprint density at radius 2 is 2.04 bits per heavy atom. The standard InChI is InChI=1S/C17H16FN3O2/c1-9(2)14-8-13(17(22)23)19-16-15(10(3)20-21(14)16)11-5-4-6-12(18)7-11/h4-9H,1-3H3,(H,22,23). The zero-order chi connectivity index (χ0) is 16.7. The van der Waals surface area contributed by atoms with Crippen LogP contribution in [-0.4, -0.2) is 25.7 Å². The number of carbonyl (C=O) groups is 1. The van der Waals surface area contributed by atoms with Crippen LogP contribution in [0.15, 0.2) is 30.3 Å². The lowest BCUT2D eigenvalue weighted by Crippen LogP contribution is -2.09. The second kappa shape index (κ2) is 5.46. The number of aromatic carboxylic acids is 1. The molecule has 3 rings (SSSR count). The van der Waals surface area contributed by atoms with Gasteiger partial charge in [0, 0.05) is 11.3 Å². The number of aryl methyl sites for hydroxylation is 1. The third kappa shape index (κ3) is 2.56. The van der Waals surface area contributed by atoms with Crippen LogP contribution in [0.4, 0.5) is 4.39 Å². The van der Waals surface area contributed by atoms with Crippen molar-refractivity contribution in [1.82, 2.24) is 14.6 Å². The highest BCUT2D eigenvalue weighted by Gasteiger charge is 2.20. The molecule has 6 heteroatoms. The molecule has 0 amide bonds. The van der Waals surface area contributed by atoms with Crippen molar-refractivity contribution in [2.75, 3.05) is 0 Å². The third-order valence-corrected chi connectivity index (χ3v) is 3.72. The largest absolute Gasteiger partial charge is 0.477 e. The van der Waals surface area contributed by atoms with Gasteiger partial charge >= 0.3 is 5.97 Å². The molecule has 0 radical (unpaired) electrons. The predicted octanol–water partition coefficient (Wildman–Crippen LogP) is 3.67. The Morgan fingerprint density at radius 1 is 1.30 bits per heavy atom. The molecule has 1 N–H and O–H groups in total. The maximum atomic E-state index is 13.6. The van der Waals surface area contributed by atoms with Gasteiger partial charge in [0.25, 0.3) is 0 Å². The Labute approximate surface area is 132 Å². The number of hydrogen-bond donors (Lipinski definition) is 1. The summed E-state index contributed by atoms with van der Waals surface area (Å²) in [5.41, 5.74) is 3.08. The summed E-state index contributed by atoms with van der Waals surface area (Å²) in [5.74, 6) is -1.39. The lowest BCUT2D eigenvalue weighted by molar-refractivity contribution is 0.0690. The van der Waals surface area contributed by atoms with E-state index in [0.29, 0.717) is 22.5 Å². The van der Waals surface area contributed by atoms with E-state index < -0.39 is 5.97 Å². The summed E-state index contributed by atoms with van der Waals surface area (Å²) < 4.78 is 15.2. The van der Waals surface area contributed by atoms with Gasteiger partial charge in [-0.1, -0.05) is 26.0 Å². The second-order valence-corrected chi connectivity index (χ2v) is 5.73. The van der Waals surface area contributed by atoms with Gasteiger partial charge in [0.05, 0.1) is 5.69 Å². The van der Waals surface area contributed by atoms with E-state index in [2.05, 4.69) is 10.1 Å². The van der Waals surface area contributed by atoms with E-state index in [1.165, 1.54) is 18.2 Å². The first-order valence-electron chi connectivity index (χ1n) is 7.28. The Kier molecular flexibility index (Phi) is 3.60. The fourth-order valence-corrected chi connectivity index (χ4v) is 2.65. The maximum Gasteiger partial charge on any atom is 0.354 e. The molecule has 2 heterocycles. The van der Waals surface area contributed by atoms with Crippen LogP contribution < -0.4 is 0 Å². The van der Waals surface area contributed by atoms with Crippen molar-refractivity contribution in [2.45, 2.75) is 26.7 Å². The molecule has 0 aliphatic rings. The molecule has 23 heavy (non-hydrogen) atoms. The molecule has 0 bridgehead atoms. The number of rotatable bonds is 3. The van der Waals surface area contributed by atoms with Crippen molar-refractivity contribution in [3.05, 3.63) is 53.2 Å². The summed E-state index contributed by atoms with van der Waals surface area (Å²) in [6, 6.07) is 7.66. The molecule has 2 aromatic heterocycles. The van der Waals surface area contributed by atoms with Gasteiger partial charge in [0.1, 0.15) is 5.82 Å². The monoisotopic (exact) mass is 313 g/mol. The summed E-state index contributed by atoms with van der Waals surface area (Å²) in [6.45, 7) is 5.72. The number of carboxylic acid groups (broad SMARTS) is 1. The summed E-state index contributed by atoms with van der Waals surface area (Å²) in [7, 11) is 0. The number of hydrogen-bond acceptors (Lipinski definition) is 3. The number of aromatic nitrogens is 3. The number of fused-ring (bicyclic) bond motifs is 1. The van der Waals surface area contributed by atoms with E-state index in [1.807, 2.05) is 13.8 Å². The minimum Gasteiger partial charge on any atom is -0.477 e. The Hall–Kier alpha value is -2.76. The van der Waals surface area contributed by atoms with Crippen molar-refractivity contribution in [2.24, 2.45) is 0 Å². The van der Waals surface area contributed by atoms with Crippen molar-refractivity contribution in [1.29, 1.82) is 0 Å². The maximum absolute atomic E-state index is 13.6.